The van der Waals surface area contributed by atoms with E-state index in [-0.39, 0.29) is 6.42 Å². The van der Waals surface area contributed by atoms with Crippen LogP contribution < -0.4 is 5.32 Å². The highest BCUT2D eigenvalue weighted by Gasteiger charge is 2.22. The maximum atomic E-state index is 10.5. The van der Waals surface area contributed by atoms with Crippen molar-refractivity contribution in [3.63, 3.8) is 0 Å². The minimum atomic E-state index is -0.739. The predicted octanol–water partition coefficient (Wildman–Crippen LogP) is 2.71. The van der Waals surface area contributed by atoms with Crippen LogP contribution in [0.5, 0.6) is 0 Å². The van der Waals surface area contributed by atoms with Crippen molar-refractivity contribution in [1.29, 1.82) is 0 Å². The maximum absolute atomic E-state index is 10.5. The number of halogens is 1. The molecule has 4 heteroatoms. The maximum Gasteiger partial charge on any atom is 0.303 e. The third-order valence-electron chi connectivity index (χ3n) is 2.70. The third-order valence-corrected chi connectivity index (χ3v) is 2.94. The molecule has 1 aromatic carbocycles. The fourth-order valence-electron chi connectivity index (χ4n) is 1.94. The molecule has 0 bridgehead atoms. The fraction of sp³-hybridized carbons (Fsp3) is 0.364. The largest absolute Gasteiger partial charge is 0.481 e. The summed E-state index contributed by atoms with van der Waals surface area (Å²) in [5.41, 5.74) is 2.22. The summed E-state index contributed by atoms with van der Waals surface area (Å²) in [6, 6.07) is 5.71. The Hall–Kier alpha value is -1.22. The summed E-state index contributed by atoms with van der Waals surface area (Å²) in [6.45, 7) is 0.808. The van der Waals surface area contributed by atoms with E-state index in [4.69, 9.17) is 16.7 Å². The molecule has 0 aliphatic carbocycles. The lowest BCUT2D eigenvalue weighted by Gasteiger charge is -2.07. The predicted molar refractivity (Wildman–Crippen MR) is 59.6 cm³/mol. The Labute approximate surface area is 93.1 Å². The number of rotatable bonds is 3. The van der Waals surface area contributed by atoms with Gasteiger partial charge in [0.15, 0.2) is 0 Å². The normalized spacial score (nSPS) is 18.3. The molecule has 1 aliphatic rings. The minimum Gasteiger partial charge on any atom is -0.481 e. The standard InChI is InChI=1S/C11H12ClNO2/c12-8-2-3-9-7(1-4-11(14)15)6-13-10(9)5-8/h2-3,5,7,13H,1,4,6H2,(H,14,15). The van der Waals surface area contributed by atoms with Gasteiger partial charge < -0.3 is 10.4 Å². The molecule has 0 spiro atoms. The number of hydrogen-bond donors (Lipinski definition) is 2. The molecule has 80 valence electrons. The quantitative estimate of drug-likeness (QED) is 0.832. The molecular weight excluding hydrogens is 214 g/mol. The van der Waals surface area contributed by atoms with Crippen molar-refractivity contribution < 1.29 is 9.90 Å². The van der Waals surface area contributed by atoms with E-state index in [2.05, 4.69) is 5.32 Å². The lowest BCUT2D eigenvalue weighted by molar-refractivity contribution is -0.137. The van der Waals surface area contributed by atoms with Crippen LogP contribution in [-0.4, -0.2) is 17.6 Å². The summed E-state index contributed by atoms with van der Waals surface area (Å²) in [7, 11) is 0. The first-order chi connectivity index (χ1) is 7.16. The van der Waals surface area contributed by atoms with Gasteiger partial charge >= 0.3 is 5.97 Å². The second-order valence-corrected chi connectivity index (χ2v) is 4.18. The van der Waals surface area contributed by atoms with Crippen molar-refractivity contribution in [3.8, 4) is 0 Å². The molecular formula is C11H12ClNO2. The molecule has 1 atom stereocenters. The summed E-state index contributed by atoms with van der Waals surface area (Å²) >= 11 is 5.86. The molecule has 0 amide bonds. The van der Waals surface area contributed by atoms with Crippen molar-refractivity contribution in [2.45, 2.75) is 18.8 Å². The number of carbonyl (C=O) groups is 1. The molecule has 3 nitrogen and oxygen atoms in total. The second kappa shape index (κ2) is 4.11. The summed E-state index contributed by atoms with van der Waals surface area (Å²) in [5, 5.41) is 12.6. The van der Waals surface area contributed by atoms with E-state index < -0.39 is 5.97 Å². The van der Waals surface area contributed by atoms with Gasteiger partial charge in [-0.05, 0) is 24.1 Å². The Bertz CT molecular complexity index is 392. The highest BCUT2D eigenvalue weighted by molar-refractivity contribution is 6.30. The molecule has 0 saturated carbocycles. The minimum absolute atomic E-state index is 0.217. The SMILES string of the molecule is O=C(O)CCC1CNc2cc(Cl)ccc21. The molecule has 0 radical (unpaired) electrons. The second-order valence-electron chi connectivity index (χ2n) is 3.74. The summed E-state index contributed by atoms with van der Waals surface area (Å²) in [4.78, 5) is 10.5. The molecule has 0 saturated heterocycles. The van der Waals surface area contributed by atoms with Crippen molar-refractivity contribution in [1.82, 2.24) is 0 Å². The molecule has 15 heavy (non-hydrogen) atoms. The van der Waals surface area contributed by atoms with Gasteiger partial charge in [0.05, 0.1) is 0 Å². The fourth-order valence-corrected chi connectivity index (χ4v) is 2.11. The molecule has 1 unspecified atom stereocenters. The summed E-state index contributed by atoms with van der Waals surface area (Å²) in [6.07, 6.45) is 0.894. The first-order valence-corrected chi connectivity index (χ1v) is 5.29. The molecule has 2 N–H and O–H groups in total. The zero-order valence-corrected chi connectivity index (χ0v) is 8.92. The summed E-state index contributed by atoms with van der Waals surface area (Å²) in [5.74, 6) is -0.439. The van der Waals surface area contributed by atoms with Gasteiger partial charge in [-0.15, -0.1) is 0 Å². The number of carboxylic acids is 1. The molecule has 1 aliphatic heterocycles. The van der Waals surface area contributed by atoms with Crippen LogP contribution in [-0.2, 0) is 4.79 Å². The van der Waals surface area contributed by atoms with Crippen LogP contribution in [0.1, 0.15) is 24.3 Å². The number of carboxylic acid groups (broad SMARTS) is 1. The first-order valence-electron chi connectivity index (χ1n) is 4.92. The van der Waals surface area contributed by atoms with E-state index >= 15 is 0 Å². The lowest BCUT2D eigenvalue weighted by atomic mass is 9.96. The topological polar surface area (TPSA) is 49.3 Å². The highest BCUT2D eigenvalue weighted by atomic mass is 35.5. The van der Waals surface area contributed by atoms with Crippen LogP contribution in [0.4, 0.5) is 5.69 Å². The smallest absolute Gasteiger partial charge is 0.303 e. The van der Waals surface area contributed by atoms with Crippen molar-refractivity contribution in [3.05, 3.63) is 28.8 Å². The van der Waals surface area contributed by atoms with Gasteiger partial charge in [0.25, 0.3) is 0 Å². The van der Waals surface area contributed by atoms with Crippen LogP contribution in [0, 0.1) is 0 Å². The van der Waals surface area contributed by atoms with Gasteiger partial charge in [0.1, 0.15) is 0 Å². The zero-order valence-electron chi connectivity index (χ0n) is 8.16. The number of nitrogens with one attached hydrogen (secondary N) is 1. The molecule has 1 aromatic rings. The molecule has 0 fully saturated rings. The van der Waals surface area contributed by atoms with Gasteiger partial charge in [-0.1, -0.05) is 17.7 Å². The number of hydrogen-bond acceptors (Lipinski definition) is 2. The van der Waals surface area contributed by atoms with Gasteiger partial charge in [-0.3, -0.25) is 4.79 Å². The van der Waals surface area contributed by atoms with Crippen molar-refractivity contribution in [2.75, 3.05) is 11.9 Å². The van der Waals surface area contributed by atoms with Gasteiger partial charge in [0, 0.05) is 29.6 Å². The third kappa shape index (κ3) is 2.23. The first kappa shape index (κ1) is 10.3. The van der Waals surface area contributed by atoms with Gasteiger partial charge in [-0.25, -0.2) is 0 Å². The lowest BCUT2D eigenvalue weighted by Crippen LogP contribution is -2.05. The highest BCUT2D eigenvalue weighted by Crippen LogP contribution is 2.35. The van der Waals surface area contributed by atoms with E-state index in [1.165, 1.54) is 5.56 Å². The Kier molecular flexibility index (Phi) is 2.82. The van der Waals surface area contributed by atoms with Crippen molar-refractivity contribution >= 4 is 23.3 Å². The van der Waals surface area contributed by atoms with Crippen molar-refractivity contribution in [2.24, 2.45) is 0 Å². The monoisotopic (exact) mass is 225 g/mol. The summed E-state index contributed by atoms with van der Waals surface area (Å²) < 4.78 is 0. The van der Waals surface area contributed by atoms with Crippen LogP contribution in [0.3, 0.4) is 0 Å². The van der Waals surface area contributed by atoms with E-state index in [9.17, 15) is 4.79 Å². The zero-order chi connectivity index (χ0) is 10.8. The van der Waals surface area contributed by atoms with Crippen LogP contribution in [0.15, 0.2) is 18.2 Å². The Morgan fingerprint density at radius 3 is 3.13 bits per heavy atom. The van der Waals surface area contributed by atoms with Crippen LogP contribution in [0.2, 0.25) is 5.02 Å². The van der Waals surface area contributed by atoms with E-state index in [0.717, 1.165) is 12.2 Å². The number of benzene rings is 1. The van der Waals surface area contributed by atoms with E-state index in [1.807, 2.05) is 18.2 Å². The Morgan fingerprint density at radius 1 is 1.60 bits per heavy atom. The number of anilines is 1. The van der Waals surface area contributed by atoms with Gasteiger partial charge in [0.2, 0.25) is 0 Å². The van der Waals surface area contributed by atoms with Gasteiger partial charge in [-0.2, -0.15) is 0 Å². The van der Waals surface area contributed by atoms with Crippen LogP contribution >= 0.6 is 11.6 Å². The van der Waals surface area contributed by atoms with E-state index in [1.54, 1.807) is 0 Å². The van der Waals surface area contributed by atoms with E-state index in [0.29, 0.717) is 17.4 Å². The molecule has 2 rings (SSSR count). The number of fused-ring (bicyclic) bond motifs is 1. The molecule has 0 aromatic heterocycles. The average Bonchev–Trinajstić information content (AvgIpc) is 2.57. The Balaban J connectivity index is 2.11. The average molecular weight is 226 g/mol. The molecule has 1 heterocycles. The van der Waals surface area contributed by atoms with Crippen LogP contribution in [0.25, 0.3) is 0 Å². The Morgan fingerprint density at radius 2 is 2.40 bits per heavy atom. The number of aliphatic carboxylic acids is 1.